The molecule has 2 atom stereocenters. The lowest BCUT2D eigenvalue weighted by Gasteiger charge is -2.33. The number of benzene rings is 1. The summed E-state index contributed by atoms with van der Waals surface area (Å²) in [5.41, 5.74) is 1.08. The van der Waals surface area contributed by atoms with Crippen LogP contribution in [0.25, 0.3) is 0 Å². The quantitative estimate of drug-likeness (QED) is 0.879. The van der Waals surface area contributed by atoms with Crippen LogP contribution in [0.2, 0.25) is 0 Å². The van der Waals surface area contributed by atoms with Gasteiger partial charge < -0.3 is 20.1 Å². The zero-order chi connectivity index (χ0) is 15.9. The van der Waals surface area contributed by atoms with Crippen molar-refractivity contribution < 1.29 is 14.6 Å². The summed E-state index contributed by atoms with van der Waals surface area (Å²) in [6, 6.07) is 7.74. The molecule has 0 spiro atoms. The van der Waals surface area contributed by atoms with E-state index in [-0.39, 0.29) is 24.6 Å². The third-order valence-corrected chi connectivity index (χ3v) is 4.29. The number of hydrogen-bond acceptors (Lipinski definition) is 3. The van der Waals surface area contributed by atoms with Gasteiger partial charge in [0.1, 0.15) is 5.75 Å². The predicted molar refractivity (Wildman–Crippen MR) is 85.9 cm³/mol. The number of urea groups is 1. The van der Waals surface area contributed by atoms with Gasteiger partial charge in [-0.1, -0.05) is 19.1 Å². The maximum atomic E-state index is 12.4. The molecule has 0 aromatic heterocycles. The van der Waals surface area contributed by atoms with Gasteiger partial charge in [0, 0.05) is 19.7 Å². The van der Waals surface area contributed by atoms with E-state index < -0.39 is 0 Å². The molecule has 0 radical (unpaired) electrons. The Morgan fingerprint density at radius 1 is 1.45 bits per heavy atom. The van der Waals surface area contributed by atoms with E-state index >= 15 is 0 Å². The molecule has 5 heteroatoms. The number of methoxy groups -OCH3 is 1. The minimum atomic E-state index is -0.0409. The van der Waals surface area contributed by atoms with Gasteiger partial charge in [-0.05, 0) is 42.9 Å². The standard InChI is InChI=1S/C17H26N2O3/c1-3-16(14-6-8-15(22-2)9-7-14)18-17(21)19-10-4-5-13(11-19)12-20/h6-9,13,16,20H,3-5,10-12H2,1-2H3,(H,18,21). The summed E-state index contributed by atoms with van der Waals surface area (Å²) in [6.45, 7) is 3.62. The van der Waals surface area contributed by atoms with Crippen molar-refractivity contribution in [3.8, 4) is 5.75 Å². The van der Waals surface area contributed by atoms with E-state index in [1.54, 1.807) is 7.11 Å². The third-order valence-electron chi connectivity index (χ3n) is 4.29. The van der Waals surface area contributed by atoms with E-state index in [0.717, 1.165) is 37.1 Å². The first-order valence-electron chi connectivity index (χ1n) is 7.98. The Balaban J connectivity index is 1.97. The van der Waals surface area contributed by atoms with Crippen LogP contribution in [0.1, 0.15) is 37.8 Å². The van der Waals surface area contributed by atoms with E-state index in [4.69, 9.17) is 4.74 Å². The van der Waals surface area contributed by atoms with Gasteiger partial charge in [0.25, 0.3) is 0 Å². The third kappa shape index (κ3) is 4.13. The second-order valence-electron chi connectivity index (χ2n) is 5.82. The van der Waals surface area contributed by atoms with Gasteiger partial charge in [-0.25, -0.2) is 4.79 Å². The lowest BCUT2D eigenvalue weighted by molar-refractivity contribution is 0.127. The van der Waals surface area contributed by atoms with E-state index in [0.29, 0.717) is 6.54 Å². The lowest BCUT2D eigenvalue weighted by Crippen LogP contribution is -2.47. The van der Waals surface area contributed by atoms with Gasteiger partial charge in [0.15, 0.2) is 0 Å². The molecule has 0 bridgehead atoms. The number of hydrogen-bond donors (Lipinski definition) is 2. The average Bonchev–Trinajstić information content (AvgIpc) is 2.59. The summed E-state index contributed by atoms with van der Waals surface area (Å²) in [6.07, 6.45) is 2.78. The number of nitrogens with zero attached hydrogens (tertiary/aromatic N) is 1. The summed E-state index contributed by atoms with van der Waals surface area (Å²) in [5.74, 6) is 1.02. The van der Waals surface area contributed by atoms with Gasteiger partial charge in [0.05, 0.1) is 13.2 Å². The Labute approximate surface area is 132 Å². The largest absolute Gasteiger partial charge is 0.497 e. The highest BCUT2D eigenvalue weighted by atomic mass is 16.5. The molecule has 2 unspecified atom stereocenters. The molecule has 122 valence electrons. The van der Waals surface area contributed by atoms with Crippen LogP contribution < -0.4 is 10.1 Å². The minimum Gasteiger partial charge on any atom is -0.497 e. The molecular formula is C17H26N2O3. The molecule has 1 fully saturated rings. The van der Waals surface area contributed by atoms with Crippen LogP contribution in [0.5, 0.6) is 5.75 Å². The molecule has 2 amide bonds. The number of rotatable bonds is 5. The molecule has 0 saturated carbocycles. The molecule has 1 heterocycles. The van der Waals surface area contributed by atoms with Crippen molar-refractivity contribution in [1.29, 1.82) is 0 Å². The summed E-state index contributed by atoms with van der Waals surface area (Å²) in [7, 11) is 1.64. The van der Waals surface area contributed by atoms with Gasteiger partial charge in [-0.15, -0.1) is 0 Å². The Bertz CT molecular complexity index is 475. The van der Waals surface area contributed by atoms with Crippen molar-refractivity contribution in [3.63, 3.8) is 0 Å². The number of nitrogens with one attached hydrogen (secondary N) is 1. The van der Waals surface area contributed by atoms with Gasteiger partial charge >= 0.3 is 6.03 Å². The SMILES string of the molecule is CCC(NC(=O)N1CCCC(CO)C1)c1ccc(OC)cc1. The fraction of sp³-hybridized carbons (Fsp3) is 0.588. The van der Waals surface area contributed by atoms with Crippen molar-refractivity contribution in [3.05, 3.63) is 29.8 Å². The van der Waals surface area contributed by atoms with E-state index in [2.05, 4.69) is 12.2 Å². The molecule has 1 saturated heterocycles. The summed E-state index contributed by atoms with van der Waals surface area (Å²) in [4.78, 5) is 14.2. The van der Waals surface area contributed by atoms with Gasteiger partial charge in [-0.3, -0.25) is 0 Å². The first kappa shape index (κ1) is 16.6. The van der Waals surface area contributed by atoms with Crippen molar-refractivity contribution in [1.82, 2.24) is 10.2 Å². The van der Waals surface area contributed by atoms with Crippen LogP contribution in [0.4, 0.5) is 4.79 Å². The lowest BCUT2D eigenvalue weighted by atomic mass is 9.99. The van der Waals surface area contributed by atoms with E-state index in [1.165, 1.54) is 0 Å². The fourth-order valence-electron chi connectivity index (χ4n) is 2.90. The summed E-state index contributed by atoms with van der Waals surface area (Å²) in [5, 5.41) is 12.4. The first-order chi connectivity index (χ1) is 10.7. The van der Waals surface area contributed by atoms with Crippen molar-refractivity contribution in [2.45, 2.75) is 32.2 Å². The van der Waals surface area contributed by atoms with Crippen LogP contribution in [-0.2, 0) is 0 Å². The van der Waals surface area contributed by atoms with Gasteiger partial charge in [0.2, 0.25) is 0 Å². The molecule has 1 aliphatic heterocycles. The number of aliphatic hydroxyl groups is 1. The van der Waals surface area contributed by atoms with Crippen LogP contribution in [0, 0.1) is 5.92 Å². The van der Waals surface area contributed by atoms with Crippen molar-refractivity contribution in [2.24, 2.45) is 5.92 Å². The van der Waals surface area contributed by atoms with Crippen molar-refractivity contribution >= 4 is 6.03 Å². The molecule has 0 aliphatic carbocycles. The molecule has 1 aromatic rings. The molecule has 1 aliphatic rings. The zero-order valence-electron chi connectivity index (χ0n) is 13.4. The Kier molecular flexibility index (Phi) is 6.07. The smallest absolute Gasteiger partial charge is 0.317 e. The number of carbonyl (C=O) groups excluding carboxylic acids is 1. The summed E-state index contributed by atoms with van der Waals surface area (Å²) < 4.78 is 5.16. The number of likely N-dealkylation sites (tertiary alicyclic amines) is 1. The monoisotopic (exact) mass is 306 g/mol. The average molecular weight is 306 g/mol. The molecule has 5 nitrogen and oxygen atoms in total. The first-order valence-corrected chi connectivity index (χ1v) is 7.98. The topological polar surface area (TPSA) is 61.8 Å². The predicted octanol–water partition coefficient (Wildman–Crippen LogP) is 2.56. The normalized spacial score (nSPS) is 19.6. The van der Waals surface area contributed by atoms with Crippen LogP contribution in [0.15, 0.2) is 24.3 Å². The maximum absolute atomic E-state index is 12.4. The number of carbonyl (C=O) groups is 1. The summed E-state index contributed by atoms with van der Waals surface area (Å²) >= 11 is 0. The van der Waals surface area contributed by atoms with Gasteiger partial charge in [-0.2, -0.15) is 0 Å². The fourth-order valence-corrected chi connectivity index (χ4v) is 2.90. The Hall–Kier alpha value is -1.75. The van der Waals surface area contributed by atoms with Crippen LogP contribution in [0.3, 0.4) is 0 Å². The number of amides is 2. The molecular weight excluding hydrogens is 280 g/mol. The van der Waals surface area contributed by atoms with E-state index in [9.17, 15) is 9.90 Å². The number of piperidine rings is 1. The minimum absolute atomic E-state index is 0.00657. The zero-order valence-corrected chi connectivity index (χ0v) is 13.4. The second kappa shape index (κ2) is 8.03. The molecule has 22 heavy (non-hydrogen) atoms. The molecule has 2 N–H and O–H groups in total. The van der Waals surface area contributed by atoms with E-state index in [1.807, 2.05) is 29.2 Å². The number of aliphatic hydroxyl groups excluding tert-OH is 1. The Morgan fingerprint density at radius 3 is 2.77 bits per heavy atom. The maximum Gasteiger partial charge on any atom is 0.317 e. The highest BCUT2D eigenvalue weighted by Gasteiger charge is 2.24. The van der Waals surface area contributed by atoms with Crippen LogP contribution >= 0.6 is 0 Å². The highest BCUT2D eigenvalue weighted by molar-refractivity contribution is 5.74. The second-order valence-corrected chi connectivity index (χ2v) is 5.82. The number of ether oxygens (including phenoxy) is 1. The van der Waals surface area contributed by atoms with Crippen LogP contribution in [-0.4, -0.2) is 42.8 Å². The molecule has 1 aromatic carbocycles. The molecule has 2 rings (SSSR count). The highest BCUT2D eigenvalue weighted by Crippen LogP contribution is 2.21. The van der Waals surface area contributed by atoms with Crippen molar-refractivity contribution in [2.75, 3.05) is 26.8 Å². The Morgan fingerprint density at radius 2 is 2.18 bits per heavy atom.